The van der Waals surface area contributed by atoms with Crippen LogP contribution in [0.5, 0.6) is 0 Å². The standard InChI is InChI=1S/C21H18N4O2S/c1-13-20-17(18-4-3-11-28-18)9-10-22-21(20)25(24-13)12-19(27)23-16-7-5-15(6-8-16)14(2)26/h3-11H,12H2,1-2H3,(H,23,27). The van der Waals surface area contributed by atoms with Crippen LogP contribution in [0.15, 0.2) is 54.0 Å². The summed E-state index contributed by atoms with van der Waals surface area (Å²) in [7, 11) is 0. The van der Waals surface area contributed by atoms with Gasteiger partial charge in [-0.25, -0.2) is 9.67 Å². The fourth-order valence-electron chi connectivity index (χ4n) is 3.15. The molecule has 0 aliphatic carbocycles. The van der Waals surface area contributed by atoms with Gasteiger partial charge < -0.3 is 5.32 Å². The van der Waals surface area contributed by atoms with E-state index in [4.69, 9.17) is 0 Å². The molecule has 7 heteroatoms. The van der Waals surface area contributed by atoms with Crippen LogP contribution in [-0.2, 0) is 11.3 Å². The van der Waals surface area contributed by atoms with Gasteiger partial charge in [0.25, 0.3) is 0 Å². The van der Waals surface area contributed by atoms with Crippen molar-refractivity contribution in [2.24, 2.45) is 0 Å². The normalized spacial score (nSPS) is 10.9. The molecule has 0 unspecified atom stereocenters. The molecule has 0 fully saturated rings. The number of fused-ring (bicyclic) bond motifs is 1. The van der Waals surface area contributed by atoms with Gasteiger partial charge in [0.2, 0.25) is 5.91 Å². The van der Waals surface area contributed by atoms with Crippen molar-refractivity contribution in [2.75, 3.05) is 5.32 Å². The van der Waals surface area contributed by atoms with Crippen LogP contribution in [0.3, 0.4) is 0 Å². The summed E-state index contributed by atoms with van der Waals surface area (Å²) in [5.41, 5.74) is 3.84. The quantitative estimate of drug-likeness (QED) is 0.515. The van der Waals surface area contributed by atoms with Crippen LogP contribution in [0, 0.1) is 6.92 Å². The van der Waals surface area contributed by atoms with Crippen molar-refractivity contribution >= 4 is 39.7 Å². The largest absolute Gasteiger partial charge is 0.324 e. The van der Waals surface area contributed by atoms with E-state index in [1.165, 1.54) is 6.92 Å². The third kappa shape index (κ3) is 3.44. The molecule has 28 heavy (non-hydrogen) atoms. The third-order valence-corrected chi connectivity index (χ3v) is 5.37. The van der Waals surface area contributed by atoms with E-state index >= 15 is 0 Å². The molecule has 0 atom stereocenters. The van der Waals surface area contributed by atoms with Crippen LogP contribution in [0.2, 0.25) is 0 Å². The van der Waals surface area contributed by atoms with Gasteiger partial charge in [0.15, 0.2) is 11.4 Å². The Balaban J connectivity index is 1.59. The van der Waals surface area contributed by atoms with Crippen molar-refractivity contribution in [2.45, 2.75) is 20.4 Å². The molecule has 1 amide bonds. The lowest BCUT2D eigenvalue weighted by Gasteiger charge is -2.07. The number of nitrogens with zero attached hydrogens (tertiary/aromatic N) is 3. The maximum Gasteiger partial charge on any atom is 0.246 e. The molecule has 0 bridgehead atoms. The van der Waals surface area contributed by atoms with Crippen molar-refractivity contribution in [3.63, 3.8) is 0 Å². The Hall–Kier alpha value is -3.32. The average molecular weight is 390 g/mol. The van der Waals surface area contributed by atoms with Gasteiger partial charge in [0.1, 0.15) is 6.54 Å². The molecule has 0 saturated carbocycles. The number of thiophene rings is 1. The second kappa shape index (κ2) is 7.36. The molecule has 1 N–H and O–H groups in total. The number of pyridine rings is 1. The number of rotatable bonds is 5. The topological polar surface area (TPSA) is 76.9 Å². The third-order valence-electron chi connectivity index (χ3n) is 4.46. The Morgan fingerprint density at radius 3 is 2.61 bits per heavy atom. The Bertz CT molecular complexity index is 1160. The number of Topliss-reactive ketones (excluding diaryl/α,β-unsaturated/α-hetero) is 1. The first kappa shape index (κ1) is 18.1. The number of benzene rings is 1. The van der Waals surface area contributed by atoms with Crippen molar-refractivity contribution in [1.29, 1.82) is 0 Å². The second-order valence-corrected chi connectivity index (χ2v) is 7.41. The maximum atomic E-state index is 12.5. The summed E-state index contributed by atoms with van der Waals surface area (Å²) in [5.74, 6) is -0.215. The van der Waals surface area contributed by atoms with E-state index in [0.29, 0.717) is 16.9 Å². The zero-order valence-electron chi connectivity index (χ0n) is 15.5. The van der Waals surface area contributed by atoms with Crippen molar-refractivity contribution in [1.82, 2.24) is 14.8 Å². The highest BCUT2D eigenvalue weighted by Crippen LogP contribution is 2.32. The average Bonchev–Trinajstić information content (AvgIpc) is 3.31. The van der Waals surface area contributed by atoms with Gasteiger partial charge in [0, 0.05) is 27.9 Å². The van der Waals surface area contributed by atoms with E-state index in [-0.39, 0.29) is 18.2 Å². The van der Waals surface area contributed by atoms with E-state index in [2.05, 4.69) is 21.5 Å². The van der Waals surface area contributed by atoms with Crippen molar-refractivity contribution in [3.8, 4) is 10.4 Å². The number of aryl methyl sites for hydroxylation is 1. The minimum absolute atomic E-state index is 0.0102. The lowest BCUT2D eigenvalue weighted by atomic mass is 10.1. The number of carbonyl (C=O) groups is 2. The number of anilines is 1. The van der Waals surface area contributed by atoms with E-state index in [1.807, 2.05) is 24.4 Å². The lowest BCUT2D eigenvalue weighted by molar-refractivity contribution is -0.116. The summed E-state index contributed by atoms with van der Waals surface area (Å²) in [4.78, 5) is 29.5. The molecule has 0 spiro atoms. The highest BCUT2D eigenvalue weighted by molar-refractivity contribution is 7.13. The highest BCUT2D eigenvalue weighted by atomic mass is 32.1. The van der Waals surface area contributed by atoms with Crippen molar-refractivity contribution < 1.29 is 9.59 Å². The summed E-state index contributed by atoms with van der Waals surface area (Å²) >= 11 is 1.66. The van der Waals surface area contributed by atoms with Crippen LogP contribution in [0.4, 0.5) is 5.69 Å². The van der Waals surface area contributed by atoms with Crippen LogP contribution < -0.4 is 5.32 Å². The minimum atomic E-state index is -0.205. The van der Waals surface area contributed by atoms with E-state index in [9.17, 15) is 9.59 Å². The first-order valence-electron chi connectivity index (χ1n) is 8.80. The first-order chi connectivity index (χ1) is 13.5. The monoisotopic (exact) mass is 390 g/mol. The number of amides is 1. The Morgan fingerprint density at radius 2 is 1.93 bits per heavy atom. The van der Waals surface area contributed by atoms with Gasteiger partial charge in [-0.05, 0) is 55.6 Å². The molecule has 0 aliphatic rings. The molecule has 0 saturated heterocycles. The highest BCUT2D eigenvalue weighted by Gasteiger charge is 2.16. The van der Waals surface area contributed by atoms with Gasteiger partial charge in [0.05, 0.1) is 11.1 Å². The molecule has 0 aliphatic heterocycles. The zero-order valence-corrected chi connectivity index (χ0v) is 16.3. The van der Waals surface area contributed by atoms with Crippen LogP contribution in [0.1, 0.15) is 23.0 Å². The van der Waals surface area contributed by atoms with Crippen molar-refractivity contribution in [3.05, 3.63) is 65.3 Å². The summed E-state index contributed by atoms with van der Waals surface area (Å²) in [6.07, 6.45) is 1.74. The van der Waals surface area contributed by atoms with Gasteiger partial charge in [-0.15, -0.1) is 11.3 Å². The van der Waals surface area contributed by atoms with Crippen LogP contribution in [0.25, 0.3) is 21.5 Å². The predicted molar refractivity (Wildman–Crippen MR) is 111 cm³/mol. The number of nitrogens with one attached hydrogen (secondary N) is 1. The van der Waals surface area contributed by atoms with Gasteiger partial charge in [-0.3, -0.25) is 9.59 Å². The number of carbonyl (C=O) groups excluding carboxylic acids is 2. The smallest absolute Gasteiger partial charge is 0.246 e. The molecule has 6 nitrogen and oxygen atoms in total. The minimum Gasteiger partial charge on any atom is -0.324 e. The number of hydrogen-bond donors (Lipinski definition) is 1. The molecule has 1 aromatic carbocycles. The molecule has 140 valence electrons. The summed E-state index contributed by atoms with van der Waals surface area (Å²) in [5, 5.41) is 10.4. The SMILES string of the molecule is CC(=O)c1ccc(NC(=O)Cn2nc(C)c3c(-c4cccs4)ccnc32)cc1. The van der Waals surface area contributed by atoms with Crippen LogP contribution in [-0.4, -0.2) is 26.5 Å². The number of hydrogen-bond acceptors (Lipinski definition) is 5. The molecular weight excluding hydrogens is 372 g/mol. The second-order valence-electron chi connectivity index (χ2n) is 6.46. The Kier molecular flexibility index (Phi) is 4.75. The van der Waals surface area contributed by atoms with E-state index in [0.717, 1.165) is 21.5 Å². The van der Waals surface area contributed by atoms with Crippen LogP contribution >= 0.6 is 11.3 Å². The van der Waals surface area contributed by atoms with Gasteiger partial charge in [-0.1, -0.05) is 6.07 Å². The number of ketones is 1. The van der Waals surface area contributed by atoms with E-state index < -0.39 is 0 Å². The summed E-state index contributed by atoms with van der Waals surface area (Å²) < 4.78 is 1.63. The lowest BCUT2D eigenvalue weighted by Crippen LogP contribution is -2.19. The number of aromatic nitrogens is 3. The molecule has 3 heterocycles. The van der Waals surface area contributed by atoms with E-state index in [1.54, 1.807) is 46.5 Å². The fourth-order valence-corrected chi connectivity index (χ4v) is 3.91. The summed E-state index contributed by atoms with van der Waals surface area (Å²) in [6, 6.07) is 12.9. The first-order valence-corrected chi connectivity index (χ1v) is 9.68. The zero-order chi connectivity index (χ0) is 19.7. The molecule has 4 rings (SSSR count). The fraction of sp³-hybridized carbons (Fsp3) is 0.143. The predicted octanol–water partition coefficient (Wildman–Crippen LogP) is 4.31. The Labute approximate surface area is 165 Å². The molecule has 0 radical (unpaired) electrons. The summed E-state index contributed by atoms with van der Waals surface area (Å²) in [6.45, 7) is 3.49. The molecular formula is C21H18N4O2S. The van der Waals surface area contributed by atoms with Gasteiger partial charge >= 0.3 is 0 Å². The molecule has 4 aromatic rings. The Morgan fingerprint density at radius 1 is 1.14 bits per heavy atom. The maximum absolute atomic E-state index is 12.5. The molecule has 3 aromatic heterocycles. The van der Waals surface area contributed by atoms with Gasteiger partial charge in [-0.2, -0.15) is 5.10 Å².